The Balaban J connectivity index is 1.40. The molecule has 0 unspecified atom stereocenters. The van der Waals surface area contributed by atoms with Crippen LogP contribution in [-0.4, -0.2) is 32.2 Å². The van der Waals surface area contributed by atoms with Crippen molar-refractivity contribution < 1.29 is 17.9 Å². The number of sulfonamides is 1. The Bertz CT molecular complexity index is 1420. The minimum absolute atomic E-state index is 0.146. The number of nitrogens with zero attached hydrogens (tertiary/aromatic N) is 2. The van der Waals surface area contributed by atoms with E-state index in [1.807, 2.05) is 43.3 Å². The maximum absolute atomic E-state index is 12.8. The molecule has 7 nitrogen and oxygen atoms in total. The first kappa shape index (κ1) is 25.9. The van der Waals surface area contributed by atoms with Gasteiger partial charge in [0.2, 0.25) is 10.0 Å². The molecule has 0 fully saturated rings. The van der Waals surface area contributed by atoms with Crippen LogP contribution >= 0.6 is 0 Å². The highest BCUT2D eigenvalue weighted by Crippen LogP contribution is 2.24. The summed E-state index contributed by atoms with van der Waals surface area (Å²) < 4.78 is 31.7. The number of rotatable bonds is 10. The van der Waals surface area contributed by atoms with E-state index in [2.05, 4.69) is 10.3 Å². The number of ether oxygens (including phenoxy) is 1. The van der Waals surface area contributed by atoms with E-state index < -0.39 is 10.0 Å². The summed E-state index contributed by atoms with van der Waals surface area (Å²) in [5, 5.41) is 2.91. The van der Waals surface area contributed by atoms with E-state index in [9.17, 15) is 13.2 Å². The predicted molar refractivity (Wildman–Crippen MR) is 147 cm³/mol. The van der Waals surface area contributed by atoms with Gasteiger partial charge >= 0.3 is 0 Å². The van der Waals surface area contributed by atoms with Gasteiger partial charge < -0.3 is 10.1 Å². The lowest BCUT2D eigenvalue weighted by Gasteiger charge is -2.23. The number of aromatic nitrogens is 1. The predicted octanol–water partition coefficient (Wildman–Crippen LogP) is 5.29. The monoisotopic (exact) mass is 515 g/mol. The topological polar surface area (TPSA) is 88.6 Å². The number of pyridine rings is 1. The molecule has 190 valence electrons. The van der Waals surface area contributed by atoms with E-state index in [1.165, 1.54) is 16.1 Å². The number of amides is 1. The average molecular weight is 516 g/mol. The van der Waals surface area contributed by atoms with Crippen molar-refractivity contribution in [1.29, 1.82) is 0 Å². The zero-order valence-corrected chi connectivity index (χ0v) is 21.6. The summed E-state index contributed by atoms with van der Waals surface area (Å²) in [6, 6.07) is 25.5. The summed E-state index contributed by atoms with van der Waals surface area (Å²) in [7, 11) is -3.52. The van der Waals surface area contributed by atoms with E-state index in [0.29, 0.717) is 29.3 Å². The molecular weight excluding hydrogens is 486 g/mol. The molecule has 0 saturated carbocycles. The van der Waals surface area contributed by atoms with Crippen LogP contribution in [0.5, 0.6) is 5.75 Å². The van der Waals surface area contributed by atoms with Crippen molar-refractivity contribution in [3.63, 3.8) is 0 Å². The van der Waals surface area contributed by atoms with Crippen molar-refractivity contribution in [2.24, 2.45) is 0 Å². The molecule has 0 aliphatic rings. The molecule has 37 heavy (non-hydrogen) atoms. The molecule has 1 N–H and O–H groups in total. The number of nitrogens with one attached hydrogen (secondary N) is 1. The molecule has 4 rings (SSSR count). The Morgan fingerprint density at radius 3 is 2.03 bits per heavy atom. The SMILES string of the molecule is CCOc1ccc(N(Cc2ccc(C(=O)Nc3ccc(Cc4ccncc4)cc3)cc2)S(C)(=O)=O)cc1. The van der Waals surface area contributed by atoms with Gasteiger partial charge in [0, 0.05) is 23.6 Å². The number of benzene rings is 3. The molecular formula is C29H29N3O4S. The fourth-order valence-electron chi connectivity index (χ4n) is 3.85. The van der Waals surface area contributed by atoms with Crippen molar-refractivity contribution >= 4 is 27.3 Å². The van der Waals surface area contributed by atoms with E-state index >= 15 is 0 Å². The third kappa shape index (κ3) is 7.17. The minimum atomic E-state index is -3.52. The molecule has 1 aromatic heterocycles. The third-order valence-corrected chi connectivity index (χ3v) is 6.89. The van der Waals surface area contributed by atoms with Crippen LogP contribution in [0.15, 0.2) is 97.3 Å². The van der Waals surface area contributed by atoms with Crippen LogP contribution in [-0.2, 0) is 23.0 Å². The molecule has 8 heteroatoms. The normalized spacial score (nSPS) is 11.1. The van der Waals surface area contributed by atoms with Gasteiger partial charge in [0.25, 0.3) is 5.91 Å². The van der Waals surface area contributed by atoms with Gasteiger partial charge in [-0.1, -0.05) is 24.3 Å². The fourth-order valence-corrected chi connectivity index (χ4v) is 4.74. The fraction of sp³-hybridized carbons (Fsp3) is 0.172. The van der Waals surface area contributed by atoms with E-state index in [-0.39, 0.29) is 12.5 Å². The Kier molecular flexibility index (Phi) is 8.20. The molecule has 4 aromatic rings. The molecule has 0 aliphatic heterocycles. The molecule has 0 bridgehead atoms. The third-order valence-electron chi connectivity index (χ3n) is 5.75. The standard InChI is InChI=1S/C29H29N3O4S/c1-3-36-28-14-12-27(13-15-28)32(37(2,34)35)21-24-4-8-25(9-5-24)29(33)31-26-10-6-22(7-11-26)20-23-16-18-30-19-17-23/h4-19H,3,20-21H2,1-2H3,(H,31,33). The quantitative estimate of drug-likeness (QED) is 0.310. The van der Waals surface area contributed by atoms with Crippen molar-refractivity contribution in [2.45, 2.75) is 19.9 Å². The summed E-state index contributed by atoms with van der Waals surface area (Å²) in [5.41, 5.74) is 4.79. The number of hydrogen-bond acceptors (Lipinski definition) is 5. The van der Waals surface area contributed by atoms with Gasteiger partial charge in [-0.2, -0.15) is 0 Å². The second-order valence-electron chi connectivity index (χ2n) is 8.58. The van der Waals surface area contributed by atoms with Crippen LogP contribution in [0.25, 0.3) is 0 Å². The molecule has 3 aromatic carbocycles. The summed E-state index contributed by atoms with van der Waals surface area (Å²) in [5.74, 6) is 0.443. The van der Waals surface area contributed by atoms with Gasteiger partial charge in [-0.25, -0.2) is 8.42 Å². The van der Waals surface area contributed by atoms with E-state index in [4.69, 9.17) is 4.74 Å². The summed E-state index contributed by atoms with van der Waals surface area (Å²) in [6.45, 7) is 2.57. The van der Waals surface area contributed by atoms with Crippen LogP contribution in [0.1, 0.15) is 34.0 Å². The highest BCUT2D eigenvalue weighted by Gasteiger charge is 2.18. The molecule has 1 amide bonds. The van der Waals surface area contributed by atoms with Gasteiger partial charge in [0.1, 0.15) is 5.75 Å². The lowest BCUT2D eigenvalue weighted by Crippen LogP contribution is -2.29. The largest absolute Gasteiger partial charge is 0.494 e. The number of carbonyl (C=O) groups excluding carboxylic acids is 1. The Labute approximate surface area is 217 Å². The molecule has 1 heterocycles. The Hall–Kier alpha value is -4.17. The highest BCUT2D eigenvalue weighted by atomic mass is 32.2. The highest BCUT2D eigenvalue weighted by molar-refractivity contribution is 7.92. The molecule has 0 aliphatic carbocycles. The Morgan fingerprint density at radius 2 is 1.43 bits per heavy atom. The second-order valence-corrected chi connectivity index (χ2v) is 10.5. The number of anilines is 2. The average Bonchev–Trinajstić information content (AvgIpc) is 2.89. The smallest absolute Gasteiger partial charge is 0.255 e. The lowest BCUT2D eigenvalue weighted by atomic mass is 10.1. The maximum Gasteiger partial charge on any atom is 0.255 e. The van der Waals surface area contributed by atoms with Crippen molar-refractivity contribution in [3.05, 3.63) is 120 Å². The minimum Gasteiger partial charge on any atom is -0.494 e. The van der Waals surface area contributed by atoms with Crippen LogP contribution in [0.4, 0.5) is 11.4 Å². The number of carbonyl (C=O) groups is 1. The zero-order valence-electron chi connectivity index (χ0n) is 20.8. The van der Waals surface area contributed by atoms with Gasteiger partial charge in [-0.15, -0.1) is 0 Å². The number of hydrogen-bond donors (Lipinski definition) is 1. The Morgan fingerprint density at radius 1 is 0.838 bits per heavy atom. The van der Waals surface area contributed by atoms with Gasteiger partial charge in [0.05, 0.1) is 25.1 Å². The molecule has 0 saturated heterocycles. The van der Waals surface area contributed by atoms with Crippen LogP contribution in [0, 0.1) is 0 Å². The van der Waals surface area contributed by atoms with Crippen LogP contribution in [0.3, 0.4) is 0 Å². The summed E-state index contributed by atoms with van der Waals surface area (Å²) in [4.78, 5) is 16.8. The lowest BCUT2D eigenvalue weighted by molar-refractivity contribution is 0.102. The molecule has 0 spiro atoms. The van der Waals surface area contributed by atoms with Gasteiger partial charge in [0.15, 0.2) is 0 Å². The first-order valence-electron chi connectivity index (χ1n) is 11.9. The first-order valence-corrected chi connectivity index (χ1v) is 13.8. The van der Waals surface area contributed by atoms with Crippen LogP contribution in [0.2, 0.25) is 0 Å². The first-order chi connectivity index (χ1) is 17.8. The van der Waals surface area contributed by atoms with Crippen LogP contribution < -0.4 is 14.4 Å². The molecule has 0 radical (unpaired) electrons. The maximum atomic E-state index is 12.8. The summed E-state index contributed by atoms with van der Waals surface area (Å²) >= 11 is 0. The van der Waals surface area contributed by atoms with Crippen molar-refractivity contribution in [1.82, 2.24) is 4.98 Å². The van der Waals surface area contributed by atoms with Gasteiger partial charge in [-0.3, -0.25) is 14.1 Å². The zero-order chi connectivity index (χ0) is 26.3. The van der Waals surface area contributed by atoms with E-state index in [1.54, 1.807) is 60.9 Å². The second kappa shape index (κ2) is 11.7. The molecule has 0 atom stereocenters. The van der Waals surface area contributed by atoms with Gasteiger partial charge in [-0.05, 0) is 90.7 Å². The summed E-state index contributed by atoms with van der Waals surface area (Å²) in [6.07, 6.45) is 5.51. The van der Waals surface area contributed by atoms with Crippen molar-refractivity contribution in [2.75, 3.05) is 22.5 Å². The van der Waals surface area contributed by atoms with Crippen molar-refractivity contribution in [3.8, 4) is 5.75 Å². The van der Waals surface area contributed by atoms with E-state index in [0.717, 1.165) is 17.5 Å².